The Hall–Kier alpha value is -6.47. The number of methoxy groups -OCH3 is 1. The number of aromatic nitrogens is 2. The first-order chi connectivity index (χ1) is 29.9. The quantitative estimate of drug-likeness (QED) is 0.122. The lowest BCUT2D eigenvalue weighted by Gasteiger charge is -2.47. The van der Waals surface area contributed by atoms with Gasteiger partial charge in [0.2, 0.25) is 23.4 Å². The fourth-order valence-electron chi connectivity index (χ4n) is 9.39. The van der Waals surface area contributed by atoms with Gasteiger partial charge in [0.15, 0.2) is 0 Å². The molecule has 2 aliphatic carbocycles. The summed E-state index contributed by atoms with van der Waals surface area (Å²) in [6.45, 7) is 2.85. The maximum atomic E-state index is 13.9. The van der Waals surface area contributed by atoms with E-state index in [1.54, 1.807) is 7.11 Å². The fraction of sp³-hybridized carbons (Fsp3) is 0.286. The van der Waals surface area contributed by atoms with Gasteiger partial charge in [0.1, 0.15) is 29.1 Å². The highest BCUT2D eigenvalue weighted by Gasteiger charge is 2.44. The van der Waals surface area contributed by atoms with Crippen molar-refractivity contribution >= 4 is 28.8 Å². The van der Waals surface area contributed by atoms with Crippen molar-refractivity contribution < 1.29 is 23.1 Å². The van der Waals surface area contributed by atoms with Gasteiger partial charge in [0.05, 0.1) is 25.9 Å². The first-order valence-corrected chi connectivity index (χ1v) is 21.2. The number of anilines is 2. The van der Waals surface area contributed by atoms with Crippen molar-refractivity contribution in [3.63, 3.8) is 0 Å². The van der Waals surface area contributed by atoms with Gasteiger partial charge in [-0.2, -0.15) is 9.97 Å². The predicted molar refractivity (Wildman–Crippen MR) is 235 cm³/mol. The maximum absolute atomic E-state index is 13.9. The fourth-order valence-corrected chi connectivity index (χ4v) is 9.39. The summed E-state index contributed by atoms with van der Waals surface area (Å²) in [7, 11) is 1.64. The number of hydrazine groups is 1. The van der Waals surface area contributed by atoms with Crippen LogP contribution in [-0.2, 0) is 15.8 Å². The van der Waals surface area contributed by atoms with E-state index in [0.717, 1.165) is 88.4 Å². The zero-order valence-electron chi connectivity index (χ0n) is 34.1. The molecule has 4 aliphatic rings. The van der Waals surface area contributed by atoms with Crippen LogP contribution in [0.15, 0.2) is 118 Å². The highest BCUT2D eigenvalue weighted by atomic mass is 16.5. The van der Waals surface area contributed by atoms with Crippen LogP contribution in [0.25, 0.3) is 56.0 Å². The van der Waals surface area contributed by atoms with Gasteiger partial charge in [-0.15, -0.1) is 0 Å². The second-order valence-electron chi connectivity index (χ2n) is 16.6. The van der Waals surface area contributed by atoms with Crippen molar-refractivity contribution in [2.24, 2.45) is 5.73 Å². The molecule has 2 aliphatic heterocycles. The van der Waals surface area contributed by atoms with Crippen molar-refractivity contribution in [1.82, 2.24) is 20.7 Å². The number of ether oxygens (including phenoxy) is 2. The van der Waals surface area contributed by atoms with E-state index in [9.17, 15) is 4.79 Å². The second-order valence-corrected chi connectivity index (χ2v) is 16.6. The van der Waals surface area contributed by atoms with Crippen molar-refractivity contribution in [2.45, 2.75) is 49.6 Å². The number of carbonyl (C=O) groups excluding carboxylic acids is 1. The average Bonchev–Trinajstić information content (AvgIpc) is 3.89. The third-order valence-corrected chi connectivity index (χ3v) is 13.1. The monoisotopic (exact) mass is 813 g/mol. The molecule has 11 rings (SSSR count). The summed E-state index contributed by atoms with van der Waals surface area (Å²) in [5.74, 6) is 2.70. The standard InChI is InChI=1S/C49H47N7O5/c1-58-44-40-38(32-12-6-3-7-13-32)41(60-45(40)53-47(52-44)55-26-28-59-29-27-55)33-16-20-36(21-17-33)49(24-9-25-49)54-56-30-51-43(57)39-37(31-10-4-2-5-11-31)42(61-46(39)56)34-14-18-35(19-15-34)48(50)22-8-23-48/h2-7,10-21,54H,8-9,22-30,50H2,1H3,(H,51,57). The van der Waals surface area contributed by atoms with E-state index in [1.165, 1.54) is 0 Å². The molecule has 61 heavy (non-hydrogen) atoms. The Labute approximate surface area is 353 Å². The number of nitrogens with two attached hydrogens (primary N) is 1. The molecule has 12 heteroatoms. The van der Waals surface area contributed by atoms with Gasteiger partial charge in [0.25, 0.3) is 5.91 Å². The van der Waals surface area contributed by atoms with Crippen LogP contribution in [0.5, 0.6) is 5.88 Å². The minimum absolute atomic E-state index is 0.167. The Morgan fingerprint density at radius 3 is 1.90 bits per heavy atom. The largest absolute Gasteiger partial charge is 0.480 e. The highest BCUT2D eigenvalue weighted by Crippen LogP contribution is 2.49. The summed E-state index contributed by atoms with van der Waals surface area (Å²) in [6, 6.07) is 37.1. The molecule has 3 fully saturated rings. The molecule has 4 aromatic carbocycles. The van der Waals surface area contributed by atoms with Crippen LogP contribution in [0.1, 0.15) is 60.0 Å². The molecule has 308 valence electrons. The number of morpholine rings is 1. The summed E-state index contributed by atoms with van der Waals surface area (Å²) < 4.78 is 25.0. The SMILES string of the molecule is COc1nc(N2CCOCC2)nc2oc(-c3ccc(C4(NN5CNC(=O)c6c5oc(-c5ccc(C7(N)CCC7)cc5)c6-c5ccccc5)CCC4)cc3)c(-c3ccccc3)c12. The minimum atomic E-state index is -0.393. The molecule has 0 atom stereocenters. The summed E-state index contributed by atoms with van der Waals surface area (Å²) in [6.07, 6.45) is 5.98. The molecule has 0 unspecified atom stereocenters. The molecule has 2 saturated carbocycles. The second kappa shape index (κ2) is 14.9. The van der Waals surface area contributed by atoms with E-state index in [0.29, 0.717) is 66.8 Å². The molecule has 12 nitrogen and oxygen atoms in total. The number of hydrogen-bond donors (Lipinski definition) is 3. The summed E-state index contributed by atoms with van der Waals surface area (Å²) in [5, 5.41) is 5.84. The number of furan rings is 2. The third kappa shape index (κ3) is 6.36. The van der Waals surface area contributed by atoms with E-state index in [1.807, 2.05) is 53.5 Å². The van der Waals surface area contributed by atoms with Crippen LogP contribution in [0.4, 0.5) is 11.8 Å². The van der Waals surface area contributed by atoms with Crippen LogP contribution in [0.3, 0.4) is 0 Å². The third-order valence-electron chi connectivity index (χ3n) is 13.1. The Balaban J connectivity index is 0.952. The lowest BCUT2D eigenvalue weighted by atomic mass is 9.72. The number of carbonyl (C=O) groups is 1. The Morgan fingerprint density at radius 1 is 0.705 bits per heavy atom. The lowest BCUT2D eigenvalue weighted by Crippen LogP contribution is -2.60. The Bertz CT molecular complexity index is 2730. The topological polar surface area (TPSA) is 144 Å². The van der Waals surface area contributed by atoms with E-state index in [2.05, 4.69) is 76.3 Å². The molecular weight excluding hydrogens is 767 g/mol. The highest BCUT2D eigenvalue weighted by molar-refractivity contribution is 6.09. The van der Waals surface area contributed by atoms with Crippen LogP contribution in [0, 0.1) is 0 Å². The molecule has 1 amide bonds. The van der Waals surface area contributed by atoms with E-state index in [-0.39, 0.29) is 18.1 Å². The van der Waals surface area contributed by atoms with Crippen LogP contribution >= 0.6 is 0 Å². The molecule has 0 radical (unpaired) electrons. The van der Waals surface area contributed by atoms with Crippen LogP contribution in [-0.4, -0.2) is 56.0 Å². The van der Waals surface area contributed by atoms with Gasteiger partial charge in [-0.25, -0.2) is 5.43 Å². The number of nitrogens with one attached hydrogen (secondary N) is 2. The minimum Gasteiger partial charge on any atom is -0.480 e. The maximum Gasteiger partial charge on any atom is 0.258 e. The molecule has 4 N–H and O–H groups in total. The molecule has 1 saturated heterocycles. The number of amides is 1. The van der Waals surface area contributed by atoms with Crippen LogP contribution in [0.2, 0.25) is 0 Å². The van der Waals surface area contributed by atoms with Gasteiger partial charge in [-0.1, -0.05) is 109 Å². The average molecular weight is 814 g/mol. The van der Waals surface area contributed by atoms with Crippen molar-refractivity contribution in [1.29, 1.82) is 0 Å². The van der Waals surface area contributed by atoms with Crippen molar-refractivity contribution in [3.05, 3.63) is 126 Å². The first kappa shape index (κ1) is 37.5. The zero-order chi connectivity index (χ0) is 41.1. The molecule has 7 aromatic rings. The van der Waals surface area contributed by atoms with Crippen molar-refractivity contribution in [2.75, 3.05) is 50.0 Å². The first-order valence-electron chi connectivity index (χ1n) is 21.2. The van der Waals surface area contributed by atoms with Crippen LogP contribution < -0.4 is 31.1 Å². The summed E-state index contributed by atoms with van der Waals surface area (Å²) in [5.41, 5.74) is 18.4. The van der Waals surface area contributed by atoms with Gasteiger partial charge < -0.3 is 34.3 Å². The van der Waals surface area contributed by atoms with Gasteiger partial charge in [-0.3, -0.25) is 9.80 Å². The Morgan fingerprint density at radius 2 is 1.31 bits per heavy atom. The number of fused-ring (bicyclic) bond motifs is 2. The zero-order valence-corrected chi connectivity index (χ0v) is 34.1. The van der Waals surface area contributed by atoms with Gasteiger partial charge in [-0.05, 0) is 60.8 Å². The number of hydrogen-bond acceptors (Lipinski definition) is 11. The number of rotatable bonds is 10. The number of benzene rings is 4. The number of nitrogens with zero attached hydrogens (tertiary/aromatic N) is 4. The van der Waals surface area contributed by atoms with Gasteiger partial charge >= 0.3 is 0 Å². The van der Waals surface area contributed by atoms with E-state index < -0.39 is 5.54 Å². The van der Waals surface area contributed by atoms with Crippen molar-refractivity contribution in [3.8, 4) is 50.8 Å². The lowest BCUT2D eigenvalue weighted by molar-refractivity contribution is 0.0933. The normalized spacial score (nSPS) is 18.0. The Kier molecular flexibility index (Phi) is 9.17. The van der Waals surface area contributed by atoms with E-state index in [4.69, 9.17) is 34.0 Å². The molecular formula is C49H47N7O5. The smallest absolute Gasteiger partial charge is 0.258 e. The summed E-state index contributed by atoms with van der Waals surface area (Å²) in [4.78, 5) is 25.7. The molecule has 5 heterocycles. The summed E-state index contributed by atoms with van der Waals surface area (Å²) >= 11 is 0. The van der Waals surface area contributed by atoms with E-state index >= 15 is 0 Å². The van der Waals surface area contributed by atoms with Gasteiger partial charge in [0, 0.05) is 40.9 Å². The molecule has 3 aromatic heterocycles. The molecule has 0 bridgehead atoms. The predicted octanol–water partition coefficient (Wildman–Crippen LogP) is 8.76. The molecule has 0 spiro atoms.